The Balaban J connectivity index is 2.74. The Bertz CT molecular complexity index is 373. The SMILES string of the molecule is CCCCC(CC)C(Cc1ncnn1CC(C)C)NCC. The Kier molecular flexibility index (Phi) is 8.58. The fourth-order valence-electron chi connectivity index (χ4n) is 2.97. The summed E-state index contributed by atoms with van der Waals surface area (Å²) in [6.45, 7) is 13.2. The fraction of sp³-hybridized carbons (Fsp3) is 0.882. The van der Waals surface area contributed by atoms with Gasteiger partial charge < -0.3 is 5.32 Å². The monoisotopic (exact) mass is 294 g/mol. The molecule has 0 amide bonds. The number of hydrogen-bond donors (Lipinski definition) is 1. The molecule has 0 spiro atoms. The van der Waals surface area contributed by atoms with Crippen LogP contribution in [0.5, 0.6) is 0 Å². The molecule has 2 unspecified atom stereocenters. The minimum atomic E-state index is 0.515. The molecule has 122 valence electrons. The zero-order valence-electron chi connectivity index (χ0n) is 14.6. The molecule has 1 heterocycles. The van der Waals surface area contributed by atoms with Gasteiger partial charge in [0.25, 0.3) is 0 Å². The van der Waals surface area contributed by atoms with Crippen LogP contribution >= 0.6 is 0 Å². The van der Waals surface area contributed by atoms with Gasteiger partial charge in [-0.15, -0.1) is 0 Å². The van der Waals surface area contributed by atoms with E-state index in [1.165, 1.54) is 25.7 Å². The van der Waals surface area contributed by atoms with Crippen molar-refractivity contribution < 1.29 is 0 Å². The number of hydrogen-bond acceptors (Lipinski definition) is 3. The van der Waals surface area contributed by atoms with E-state index in [2.05, 4.69) is 54.7 Å². The molecular formula is C17H34N4. The Labute approximate surface area is 130 Å². The first-order chi connectivity index (χ1) is 10.1. The summed E-state index contributed by atoms with van der Waals surface area (Å²) in [5.74, 6) is 2.46. The molecule has 0 radical (unpaired) electrons. The van der Waals surface area contributed by atoms with Crippen LogP contribution in [0.4, 0.5) is 0 Å². The van der Waals surface area contributed by atoms with E-state index >= 15 is 0 Å². The van der Waals surface area contributed by atoms with E-state index < -0.39 is 0 Å². The van der Waals surface area contributed by atoms with E-state index in [9.17, 15) is 0 Å². The van der Waals surface area contributed by atoms with Crippen molar-refractivity contribution in [3.05, 3.63) is 12.2 Å². The predicted octanol–water partition coefficient (Wildman–Crippen LogP) is 3.67. The summed E-state index contributed by atoms with van der Waals surface area (Å²) in [7, 11) is 0. The summed E-state index contributed by atoms with van der Waals surface area (Å²) in [6.07, 6.45) is 7.83. The van der Waals surface area contributed by atoms with Gasteiger partial charge in [0.05, 0.1) is 0 Å². The molecule has 0 fully saturated rings. The Hall–Kier alpha value is -0.900. The summed E-state index contributed by atoms with van der Waals surface area (Å²) < 4.78 is 2.08. The lowest BCUT2D eigenvalue weighted by molar-refractivity contribution is 0.310. The van der Waals surface area contributed by atoms with Crippen LogP contribution < -0.4 is 5.32 Å². The number of rotatable bonds is 11. The highest BCUT2D eigenvalue weighted by atomic mass is 15.3. The van der Waals surface area contributed by atoms with Crippen molar-refractivity contribution in [2.24, 2.45) is 11.8 Å². The maximum absolute atomic E-state index is 4.50. The molecule has 1 rings (SSSR count). The van der Waals surface area contributed by atoms with Gasteiger partial charge in [0.1, 0.15) is 12.2 Å². The lowest BCUT2D eigenvalue weighted by Gasteiger charge is -2.27. The second kappa shape index (κ2) is 9.93. The van der Waals surface area contributed by atoms with E-state index in [4.69, 9.17) is 0 Å². The van der Waals surface area contributed by atoms with E-state index in [0.29, 0.717) is 12.0 Å². The molecule has 1 aromatic rings. The van der Waals surface area contributed by atoms with E-state index in [1.54, 1.807) is 6.33 Å². The van der Waals surface area contributed by atoms with Gasteiger partial charge in [0, 0.05) is 19.0 Å². The second-order valence-corrected chi connectivity index (χ2v) is 6.43. The Morgan fingerprint density at radius 2 is 2.00 bits per heavy atom. The van der Waals surface area contributed by atoms with Gasteiger partial charge >= 0.3 is 0 Å². The number of nitrogens with one attached hydrogen (secondary N) is 1. The van der Waals surface area contributed by atoms with Crippen molar-refractivity contribution in [1.29, 1.82) is 0 Å². The molecular weight excluding hydrogens is 260 g/mol. The first-order valence-corrected chi connectivity index (χ1v) is 8.72. The van der Waals surface area contributed by atoms with Crippen LogP contribution in [-0.2, 0) is 13.0 Å². The minimum absolute atomic E-state index is 0.515. The van der Waals surface area contributed by atoms with Crippen molar-refractivity contribution >= 4 is 0 Å². The third-order valence-corrected chi connectivity index (χ3v) is 4.12. The average molecular weight is 294 g/mol. The molecule has 1 aromatic heterocycles. The van der Waals surface area contributed by atoms with Crippen molar-refractivity contribution in [3.63, 3.8) is 0 Å². The molecule has 2 atom stereocenters. The van der Waals surface area contributed by atoms with Crippen LogP contribution in [0.25, 0.3) is 0 Å². The average Bonchev–Trinajstić information content (AvgIpc) is 2.86. The summed E-state index contributed by atoms with van der Waals surface area (Å²) in [5, 5.41) is 8.07. The zero-order valence-corrected chi connectivity index (χ0v) is 14.6. The minimum Gasteiger partial charge on any atom is -0.314 e. The normalized spacial score (nSPS) is 14.6. The molecule has 21 heavy (non-hydrogen) atoms. The maximum Gasteiger partial charge on any atom is 0.138 e. The molecule has 0 aliphatic rings. The molecule has 4 heteroatoms. The summed E-state index contributed by atoms with van der Waals surface area (Å²) in [5.41, 5.74) is 0. The molecule has 0 aliphatic carbocycles. The van der Waals surface area contributed by atoms with Crippen molar-refractivity contribution in [1.82, 2.24) is 20.1 Å². The summed E-state index contributed by atoms with van der Waals surface area (Å²) in [6, 6.07) is 0.515. The molecule has 0 saturated carbocycles. The molecule has 0 saturated heterocycles. The highest BCUT2D eigenvalue weighted by molar-refractivity contribution is 4.92. The topological polar surface area (TPSA) is 42.7 Å². The van der Waals surface area contributed by atoms with Crippen LogP contribution in [0.2, 0.25) is 0 Å². The molecule has 0 aliphatic heterocycles. The highest BCUT2D eigenvalue weighted by Gasteiger charge is 2.21. The lowest BCUT2D eigenvalue weighted by Crippen LogP contribution is -2.38. The third kappa shape index (κ3) is 6.16. The van der Waals surface area contributed by atoms with Gasteiger partial charge in [-0.25, -0.2) is 9.67 Å². The van der Waals surface area contributed by atoms with Gasteiger partial charge in [0.15, 0.2) is 0 Å². The van der Waals surface area contributed by atoms with Gasteiger partial charge in [0.2, 0.25) is 0 Å². The largest absolute Gasteiger partial charge is 0.314 e. The van der Waals surface area contributed by atoms with Crippen LogP contribution in [0.3, 0.4) is 0 Å². The molecule has 0 bridgehead atoms. The van der Waals surface area contributed by atoms with E-state index in [-0.39, 0.29) is 0 Å². The third-order valence-electron chi connectivity index (χ3n) is 4.12. The zero-order chi connectivity index (χ0) is 15.7. The first-order valence-electron chi connectivity index (χ1n) is 8.72. The van der Waals surface area contributed by atoms with Crippen LogP contribution in [0.15, 0.2) is 6.33 Å². The number of aromatic nitrogens is 3. The lowest BCUT2D eigenvalue weighted by atomic mass is 9.89. The van der Waals surface area contributed by atoms with E-state index in [1.807, 2.05) is 0 Å². The van der Waals surface area contributed by atoms with Gasteiger partial charge in [-0.2, -0.15) is 5.10 Å². The highest BCUT2D eigenvalue weighted by Crippen LogP contribution is 2.20. The fourth-order valence-corrected chi connectivity index (χ4v) is 2.97. The number of unbranched alkanes of at least 4 members (excludes halogenated alkanes) is 1. The molecule has 0 aromatic carbocycles. The van der Waals surface area contributed by atoms with Crippen molar-refractivity contribution in [2.75, 3.05) is 6.54 Å². The summed E-state index contributed by atoms with van der Waals surface area (Å²) in [4.78, 5) is 4.50. The molecule has 1 N–H and O–H groups in total. The number of nitrogens with zero attached hydrogens (tertiary/aromatic N) is 3. The molecule has 4 nitrogen and oxygen atoms in total. The summed E-state index contributed by atoms with van der Waals surface area (Å²) >= 11 is 0. The van der Waals surface area contributed by atoms with E-state index in [0.717, 1.165) is 31.3 Å². The van der Waals surface area contributed by atoms with Gasteiger partial charge in [-0.1, -0.05) is 53.9 Å². The maximum atomic E-state index is 4.50. The van der Waals surface area contributed by atoms with Gasteiger partial charge in [-0.3, -0.25) is 0 Å². The Morgan fingerprint density at radius 3 is 2.57 bits per heavy atom. The van der Waals surface area contributed by atoms with Crippen LogP contribution in [-0.4, -0.2) is 27.4 Å². The Morgan fingerprint density at radius 1 is 1.24 bits per heavy atom. The second-order valence-electron chi connectivity index (χ2n) is 6.43. The van der Waals surface area contributed by atoms with Gasteiger partial charge in [-0.05, 0) is 24.8 Å². The van der Waals surface area contributed by atoms with Crippen molar-refractivity contribution in [3.8, 4) is 0 Å². The standard InChI is InChI=1S/C17H34N4/c1-6-9-10-15(7-2)16(18-8-3)11-17-19-13-20-21(17)12-14(4)5/h13-16,18H,6-12H2,1-5H3. The smallest absolute Gasteiger partial charge is 0.138 e. The van der Waals surface area contributed by atoms with Crippen LogP contribution in [0.1, 0.15) is 66.1 Å². The number of likely N-dealkylation sites (N-methyl/N-ethyl adjacent to an activating group) is 1. The first kappa shape index (κ1) is 18.1. The predicted molar refractivity (Wildman–Crippen MR) is 89.3 cm³/mol. The van der Waals surface area contributed by atoms with Crippen LogP contribution in [0, 0.1) is 11.8 Å². The van der Waals surface area contributed by atoms with Crippen molar-refractivity contribution in [2.45, 2.75) is 79.3 Å². The quantitative estimate of drug-likeness (QED) is 0.677.